The highest BCUT2D eigenvalue weighted by molar-refractivity contribution is 7.80. The van der Waals surface area contributed by atoms with Crippen LogP contribution in [0.3, 0.4) is 0 Å². The number of thiocarbonyl (C=S) groups is 1. The van der Waals surface area contributed by atoms with Gasteiger partial charge in [0.05, 0.1) is 5.02 Å². The minimum atomic E-state index is 0.282. The van der Waals surface area contributed by atoms with Crippen LogP contribution in [0.4, 0.5) is 0 Å². The van der Waals surface area contributed by atoms with Crippen molar-refractivity contribution in [3.8, 4) is 11.5 Å². The lowest BCUT2D eigenvalue weighted by molar-refractivity contribution is 0.478. The number of halogens is 1. The molecule has 0 spiro atoms. The molecule has 0 saturated carbocycles. The van der Waals surface area contributed by atoms with Crippen molar-refractivity contribution in [3.05, 3.63) is 57.6 Å². The topological polar surface area (TPSA) is 35.2 Å². The third-order valence-corrected chi connectivity index (χ3v) is 3.73. The van der Waals surface area contributed by atoms with Gasteiger partial charge >= 0.3 is 0 Å². The molecule has 2 aromatic carbocycles. The summed E-state index contributed by atoms with van der Waals surface area (Å²) in [6.45, 7) is 6.15. The van der Waals surface area contributed by atoms with Crippen molar-refractivity contribution in [2.45, 2.75) is 20.8 Å². The van der Waals surface area contributed by atoms with Gasteiger partial charge in [0.1, 0.15) is 16.5 Å². The summed E-state index contributed by atoms with van der Waals surface area (Å²) in [5, 5.41) is 0.497. The quantitative estimate of drug-likeness (QED) is 0.835. The van der Waals surface area contributed by atoms with Crippen molar-refractivity contribution in [2.24, 2.45) is 5.73 Å². The van der Waals surface area contributed by atoms with Crippen molar-refractivity contribution < 1.29 is 4.74 Å². The first-order valence-electron chi connectivity index (χ1n) is 6.23. The van der Waals surface area contributed by atoms with Gasteiger partial charge in [-0.3, -0.25) is 0 Å². The molecule has 0 fully saturated rings. The number of ether oxygens (including phenoxy) is 1. The summed E-state index contributed by atoms with van der Waals surface area (Å²) < 4.78 is 5.92. The first-order chi connectivity index (χ1) is 9.38. The van der Waals surface area contributed by atoms with E-state index in [-0.39, 0.29) is 4.99 Å². The molecule has 2 rings (SSSR count). The van der Waals surface area contributed by atoms with Crippen LogP contribution in [0.15, 0.2) is 30.3 Å². The van der Waals surface area contributed by atoms with Gasteiger partial charge in [-0.05, 0) is 55.7 Å². The van der Waals surface area contributed by atoms with Gasteiger partial charge in [-0.25, -0.2) is 0 Å². The number of benzene rings is 2. The summed E-state index contributed by atoms with van der Waals surface area (Å²) in [6.07, 6.45) is 0. The van der Waals surface area contributed by atoms with E-state index >= 15 is 0 Å². The fraction of sp³-hybridized carbons (Fsp3) is 0.188. The molecule has 0 unspecified atom stereocenters. The molecule has 104 valence electrons. The Morgan fingerprint density at radius 1 is 1.15 bits per heavy atom. The SMILES string of the molecule is Cc1cc(C)c(C)c(Oc2ccc(C(N)=S)c(Cl)c2)c1. The molecule has 0 saturated heterocycles. The molecule has 20 heavy (non-hydrogen) atoms. The first-order valence-corrected chi connectivity index (χ1v) is 7.02. The zero-order valence-electron chi connectivity index (χ0n) is 11.7. The molecule has 0 aliphatic rings. The smallest absolute Gasteiger partial charge is 0.130 e. The summed E-state index contributed by atoms with van der Waals surface area (Å²) in [5.74, 6) is 1.50. The lowest BCUT2D eigenvalue weighted by atomic mass is 10.1. The van der Waals surface area contributed by atoms with Crippen molar-refractivity contribution in [1.29, 1.82) is 0 Å². The fourth-order valence-electron chi connectivity index (χ4n) is 1.99. The molecule has 0 bridgehead atoms. The lowest BCUT2D eigenvalue weighted by Gasteiger charge is -2.13. The van der Waals surface area contributed by atoms with E-state index < -0.39 is 0 Å². The molecule has 0 aromatic heterocycles. The van der Waals surface area contributed by atoms with Crippen molar-refractivity contribution in [3.63, 3.8) is 0 Å². The largest absolute Gasteiger partial charge is 0.457 e. The van der Waals surface area contributed by atoms with Crippen LogP contribution < -0.4 is 10.5 Å². The fourth-order valence-corrected chi connectivity index (χ4v) is 2.50. The zero-order valence-corrected chi connectivity index (χ0v) is 13.2. The van der Waals surface area contributed by atoms with Crippen molar-refractivity contribution >= 4 is 28.8 Å². The lowest BCUT2D eigenvalue weighted by Crippen LogP contribution is -2.09. The van der Waals surface area contributed by atoms with Crippen LogP contribution in [0, 0.1) is 20.8 Å². The van der Waals surface area contributed by atoms with E-state index in [4.69, 9.17) is 34.3 Å². The second-order valence-corrected chi connectivity index (χ2v) is 5.66. The molecule has 4 heteroatoms. The Balaban J connectivity index is 2.36. The van der Waals surface area contributed by atoms with Crippen LogP contribution in [0.1, 0.15) is 22.3 Å². The van der Waals surface area contributed by atoms with Gasteiger partial charge in [-0.2, -0.15) is 0 Å². The Labute approximate surface area is 129 Å². The van der Waals surface area contributed by atoms with E-state index in [1.54, 1.807) is 12.1 Å². The molecule has 0 aliphatic heterocycles. The van der Waals surface area contributed by atoms with Crippen LogP contribution in [-0.4, -0.2) is 4.99 Å². The molecule has 2 nitrogen and oxygen atoms in total. The third kappa shape index (κ3) is 3.11. The Morgan fingerprint density at radius 3 is 2.45 bits per heavy atom. The van der Waals surface area contributed by atoms with E-state index in [9.17, 15) is 0 Å². The van der Waals surface area contributed by atoms with E-state index in [2.05, 4.69) is 13.0 Å². The van der Waals surface area contributed by atoms with Gasteiger partial charge in [-0.1, -0.05) is 29.9 Å². The Kier molecular flexibility index (Phi) is 4.31. The third-order valence-electron chi connectivity index (χ3n) is 3.20. The molecule has 0 amide bonds. The maximum absolute atomic E-state index is 6.15. The van der Waals surface area contributed by atoms with Gasteiger partial charge in [0, 0.05) is 11.6 Å². The summed E-state index contributed by atoms with van der Waals surface area (Å²) in [4.78, 5) is 0.282. The first kappa shape index (κ1) is 14.8. The molecule has 2 aromatic rings. The highest BCUT2D eigenvalue weighted by Gasteiger charge is 2.08. The second-order valence-electron chi connectivity index (χ2n) is 4.81. The second kappa shape index (κ2) is 5.81. The molecule has 2 N–H and O–H groups in total. The summed E-state index contributed by atoms with van der Waals surface area (Å²) in [5.41, 5.74) is 9.72. The number of hydrogen-bond donors (Lipinski definition) is 1. The van der Waals surface area contributed by atoms with E-state index in [1.165, 1.54) is 5.56 Å². The van der Waals surface area contributed by atoms with Crippen LogP contribution in [0.25, 0.3) is 0 Å². The number of aryl methyl sites for hydroxylation is 2. The van der Waals surface area contributed by atoms with Crippen LogP contribution in [-0.2, 0) is 0 Å². The monoisotopic (exact) mass is 305 g/mol. The summed E-state index contributed by atoms with van der Waals surface area (Å²) >= 11 is 11.1. The average Bonchev–Trinajstić information content (AvgIpc) is 2.35. The minimum Gasteiger partial charge on any atom is -0.457 e. The Hall–Kier alpha value is -1.58. The van der Waals surface area contributed by atoms with Gasteiger partial charge in [0.15, 0.2) is 0 Å². The summed E-state index contributed by atoms with van der Waals surface area (Å²) in [6, 6.07) is 9.46. The van der Waals surface area contributed by atoms with Crippen LogP contribution in [0.2, 0.25) is 5.02 Å². The van der Waals surface area contributed by atoms with Crippen LogP contribution in [0.5, 0.6) is 11.5 Å². The van der Waals surface area contributed by atoms with Crippen molar-refractivity contribution in [1.82, 2.24) is 0 Å². The standard InChI is InChI=1S/C16H16ClNOS/c1-9-6-10(2)11(3)15(7-9)19-12-4-5-13(16(18)20)14(17)8-12/h4-8H,1-3H3,(H2,18,20). The average molecular weight is 306 g/mol. The molecule has 0 aliphatic carbocycles. The van der Waals surface area contributed by atoms with Crippen LogP contribution >= 0.6 is 23.8 Å². The minimum absolute atomic E-state index is 0.282. The van der Waals surface area contributed by atoms with Gasteiger partial charge in [0.25, 0.3) is 0 Å². The normalized spacial score (nSPS) is 10.4. The Bertz CT molecular complexity index is 682. The van der Waals surface area contributed by atoms with E-state index in [1.807, 2.05) is 26.0 Å². The van der Waals surface area contributed by atoms with Gasteiger partial charge < -0.3 is 10.5 Å². The number of hydrogen-bond acceptors (Lipinski definition) is 2. The number of nitrogens with two attached hydrogens (primary N) is 1. The predicted molar refractivity (Wildman–Crippen MR) is 88.1 cm³/mol. The molecule has 0 heterocycles. The van der Waals surface area contributed by atoms with Crippen molar-refractivity contribution in [2.75, 3.05) is 0 Å². The molecular formula is C16H16ClNOS. The number of rotatable bonds is 3. The maximum atomic E-state index is 6.15. The van der Waals surface area contributed by atoms with Gasteiger partial charge in [-0.15, -0.1) is 0 Å². The van der Waals surface area contributed by atoms with E-state index in [0.29, 0.717) is 16.3 Å². The molecule has 0 radical (unpaired) electrons. The Morgan fingerprint density at radius 2 is 1.85 bits per heavy atom. The molecular weight excluding hydrogens is 290 g/mol. The summed E-state index contributed by atoms with van der Waals surface area (Å²) in [7, 11) is 0. The highest BCUT2D eigenvalue weighted by Crippen LogP contribution is 2.30. The predicted octanol–water partition coefficient (Wildman–Crippen LogP) is 4.69. The molecule has 0 atom stereocenters. The maximum Gasteiger partial charge on any atom is 0.130 e. The highest BCUT2D eigenvalue weighted by atomic mass is 35.5. The van der Waals surface area contributed by atoms with Gasteiger partial charge in [0.2, 0.25) is 0 Å². The zero-order chi connectivity index (χ0) is 14.9. The van der Waals surface area contributed by atoms with E-state index in [0.717, 1.165) is 16.9 Å².